The molecule has 0 spiro atoms. The Kier molecular flexibility index (Phi) is 3.69. The number of rotatable bonds is 1. The number of carbonyl (C=O) groups excluding carboxylic acids is 1. The maximum Gasteiger partial charge on any atom is 0.254 e. The van der Waals surface area contributed by atoms with Crippen LogP contribution in [0.3, 0.4) is 0 Å². The maximum absolute atomic E-state index is 12.5. The first-order valence-corrected chi connectivity index (χ1v) is 7.15. The van der Waals surface area contributed by atoms with Gasteiger partial charge in [-0.25, -0.2) is 4.98 Å². The van der Waals surface area contributed by atoms with Crippen LogP contribution in [-0.2, 0) is 6.54 Å². The number of halogens is 1. The molecule has 1 aliphatic heterocycles. The summed E-state index contributed by atoms with van der Waals surface area (Å²) in [6.07, 6.45) is 1.62. The van der Waals surface area contributed by atoms with Crippen LogP contribution in [0.1, 0.15) is 15.9 Å². The molecule has 0 fully saturated rings. The van der Waals surface area contributed by atoms with E-state index in [1.807, 2.05) is 24.3 Å². The van der Waals surface area contributed by atoms with Crippen LogP contribution in [0.25, 0.3) is 0 Å². The maximum atomic E-state index is 12.5. The molecule has 1 amide bonds. The predicted octanol–water partition coefficient (Wildman–Crippen LogP) is 2.88. The first-order valence-electron chi connectivity index (χ1n) is 6.35. The molecule has 3 rings (SSSR count). The van der Waals surface area contributed by atoms with Crippen LogP contribution in [0.2, 0.25) is 0 Å². The number of carbonyl (C=O) groups is 1. The molecule has 0 bridgehead atoms. The quantitative estimate of drug-likeness (QED) is 0.754. The number of pyridine rings is 1. The number of benzene rings is 1. The molecule has 0 atom stereocenters. The fourth-order valence-corrected chi connectivity index (χ4v) is 2.58. The van der Waals surface area contributed by atoms with Gasteiger partial charge in [0.15, 0.2) is 0 Å². The van der Waals surface area contributed by atoms with E-state index in [1.54, 1.807) is 23.2 Å². The fraction of sp³-hybridized carbons (Fsp3) is 0.200. The molecule has 2 aromatic rings. The highest BCUT2D eigenvalue weighted by molar-refractivity contribution is 9.10. The van der Waals surface area contributed by atoms with Gasteiger partial charge >= 0.3 is 0 Å². The summed E-state index contributed by atoms with van der Waals surface area (Å²) in [5, 5.41) is 0. The van der Waals surface area contributed by atoms with Gasteiger partial charge in [0, 0.05) is 23.9 Å². The monoisotopic (exact) mass is 332 g/mol. The second-order valence-electron chi connectivity index (χ2n) is 4.55. The number of ether oxygens (including phenoxy) is 1. The van der Waals surface area contributed by atoms with Crippen molar-refractivity contribution in [2.45, 2.75) is 6.54 Å². The lowest BCUT2D eigenvalue weighted by Crippen LogP contribution is -2.32. The molecule has 5 heteroatoms. The lowest BCUT2D eigenvalue weighted by molar-refractivity contribution is 0.0733. The second-order valence-corrected chi connectivity index (χ2v) is 5.36. The second kappa shape index (κ2) is 5.63. The number of para-hydroxylation sites is 1. The van der Waals surface area contributed by atoms with Gasteiger partial charge in [-0.15, -0.1) is 0 Å². The summed E-state index contributed by atoms with van der Waals surface area (Å²) in [6, 6.07) is 11.3. The largest absolute Gasteiger partial charge is 0.491 e. The lowest BCUT2D eigenvalue weighted by atomic mass is 10.1. The van der Waals surface area contributed by atoms with Crippen molar-refractivity contribution < 1.29 is 9.53 Å². The number of hydrogen-bond acceptors (Lipinski definition) is 3. The zero-order valence-electron chi connectivity index (χ0n) is 10.8. The van der Waals surface area contributed by atoms with E-state index in [2.05, 4.69) is 20.9 Å². The first kappa shape index (κ1) is 13.1. The summed E-state index contributed by atoms with van der Waals surface area (Å²) in [5.74, 6) is 0.854. The van der Waals surface area contributed by atoms with E-state index in [9.17, 15) is 4.79 Å². The zero-order valence-corrected chi connectivity index (χ0v) is 12.3. The summed E-state index contributed by atoms with van der Waals surface area (Å²) in [4.78, 5) is 18.4. The van der Waals surface area contributed by atoms with Crippen LogP contribution in [0.15, 0.2) is 47.2 Å². The van der Waals surface area contributed by atoms with Crippen LogP contribution in [-0.4, -0.2) is 28.9 Å². The van der Waals surface area contributed by atoms with Crippen LogP contribution in [0.4, 0.5) is 0 Å². The molecule has 0 saturated heterocycles. The van der Waals surface area contributed by atoms with Crippen molar-refractivity contribution in [3.63, 3.8) is 0 Å². The molecule has 2 heterocycles. The van der Waals surface area contributed by atoms with Crippen molar-refractivity contribution in [1.82, 2.24) is 9.88 Å². The van der Waals surface area contributed by atoms with E-state index in [0.29, 0.717) is 29.9 Å². The Balaban J connectivity index is 1.86. The van der Waals surface area contributed by atoms with Crippen molar-refractivity contribution in [1.29, 1.82) is 0 Å². The third-order valence-corrected chi connectivity index (χ3v) is 3.65. The Morgan fingerprint density at radius 1 is 1.30 bits per heavy atom. The zero-order chi connectivity index (χ0) is 13.9. The van der Waals surface area contributed by atoms with Crippen molar-refractivity contribution in [3.05, 3.63) is 58.3 Å². The Morgan fingerprint density at radius 3 is 3.00 bits per heavy atom. The van der Waals surface area contributed by atoms with Gasteiger partial charge in [0.1, 0.15) is 17.0 Å². The van der Waals surface area contributed by atoms with Gasteiger partial charge in [0.2, 0.25) is 0 Å². The number of amides is 1. The Labute approximate surface area is 125 Å². The van der Waals surface area contributed by atoms with Gasteiger partial charge in [0.05, 0.1) is 6.54 Å². The smallest absolute Gasteiger partial charge is 0.254 e. The van der Waals surface area contributed by atoms with Crippen molar-refractivity contribution >= 4 is 21.8 Å². The Bertz CT molecular complexity index is 645. The van der Waals surface area contributed by atoms with Crippen LogP contribution in [0.5, 0.6) is 5.75 Å². The van der Waals surface area contributed by atoms with Crippen molar-refractivity contribution in [2.75, 3.05) is 13.2 Å². The molecule has 1 aromatic carbocycles. The SMILES string of the molecule is O=C(c1ccnc(Br)c1)N1CCOc2ccccc2C1. The highest BCUT2D eigenvalue weighted by Gasteiger charge is 2.20. The summed E-state index contributed by atoms with van der Waals surface area (Å²) in [7, 11) is 0. The summed E-state index contributed by atoms with van der Waals surface area (Å²) >= 11 is 3.29. The number of aromatic nitrogens is 1. The van der Waals surface area contributed by atoms with E-state index in [0.717, 1.165) is 11.3 Å². The third kappa shape index (κ3) is 2.67. The van der Waals surface area contributed by atoms with E-state index < -0.39 is 0 Å². The first-order chi connectivity index (χ1) is 9.74. The minimum absolute atomic E-state index is 0.00611. The average molecular weight is 333 g/mol. The van der Waals surface area contributed by atoms with E-state index >= 15 is 0 Å². The summed E-state index contributed by atoms with van der Waals surface area (Å²) < 4.78 is 6.33. The molecule has 20 heavy (non-hydrogen) atoms. The fourth-order valence-electron chi connectivity index (χ4n) is 2.22. The molecule has 102 valence electrons. The molecular weight excluding hydrogens is 320 g/mol. The lowest BCUT2D eigenvalue weighted by Gasteiger charge is -2.19. The topological polar surface area (TPSA) is 42.4 Å². The molecule has 4 nitrogen and oxygen atoms in total. The molecule has 0 saturated carbocycles. The van der Waals surface area contributed by atoms with E-state index in [-0.39, 0.29) is 5.91 Å². The number of fused-ring (bicyclic) bond motifs is 1. The molecule has 0 unspecified atom stereocenters. The van der Waals surface area contributed by atoms with E-state index in [1.165, 1.54) is 0 Å². The third-order valence-electron chi connectivity index (χ3n) is 3.21. The summed E-state index contributed by atoms with van der Waals surface area (Å²) in [6.45, 7) is 1.65. The molecular formula is C15H13BrN2O2. The van der Waals surface area contributed by atoms with Gasteiger partial charge in [-0.3, -0.25) is 4.79 Å². The Morgan fingerprint density at radius 2 is 2.15 bits per heavy atom. The molecule has 0 N–H and O–H groups in total. The van der Waals surface area contributed by atoms with Crippen LogP contribution < -0.4 is 4.74 Å². The van der Waals surface area contributed by atoms with Gasteiger partial charge in [-0.05, 0) is 34.1 Å². The number of nitrogens with zero attached hydrogens (tertiary/aromatic N) is 2. The molecule has 0 aliphatic carbocycles. The Hall–Kier alpha value is -1.88. The highest BCUT2D eigenvalue weighted by Crippen LogP contribution is 2.23. The standard InChI is InChI=1S/C15H13BrN2O2/c16-14-9-11(5-6-17-14)15(19)18-7-8-20-13-4-2-1-3-12(13)10-18/h1-6,9H,7-8,10H2. The predicted molar refractivity (Wildman–Crippen MR) is 78.6 cm³/mol. The van der Waals surface area contributed by atoms with Crippen molar-refractivity contribution in [2.24, 2.45) is 0 Å². The normalized spacial score (nSPS) is 14.2. The highest BCUT2D eigenvalue weighted by atomic mass is 79.9. The summed E-state index contributed by atoms with van der Waals surface area (Å²) in [5.41, 5.74) is 1.66. The van der Waals surface area contributed by atoms with Crippen molar-refractivity contribution in [3.8, 4) is 5.75 Å². The van der Waals surface area contributed by atoms with Gasteiger partial charge < -0.3 is 9.64 Å². The molecule has 0 radical (unpaired) electrons. The minimum Gasteiger partial charge on any atom is -0.491 e. The van der Waals surface area contributed by atoms with E-state index in [4.69, 9.17) is 4.74 Å². The molecule has 1 aromatic heterocycles. The number of hydrogen-bond donors (Lipinski definition) is 0. The minimum atomic E-state index is -0.00611. The van der Waals surface area contributed by atoms with Crippen LogP contribution >= 0.6 is 15.9 Å². The van der Waals surface area contributed by atoms with Gasteiger partial charge in [0.25, 0.3) is 5.91 Å². The average Bonchev–Trinajstić information content (AvgIpc) is 2.68. The van der Waals surface area contributed by atoms with Gasteiger partial charge in [-0.1, -0.05) is 18.2 Å². The van der Waals surface area contributed by atoms with Crippen LogP contribution in [0, 0.1) is 0 Å². The molecule has 1 aliphatic rings. The van der Waals surface area contributed by atoms with Gasteiger partial charge in [-0.2, -0.15) is 0 Å².